The number of aromatic nitrogens is 7. The van der Waals surface area contributed by atoms with E-state index in [0.717, 1.165) is 11.1 Å². The van der Waals surface area contributed by atoms with E-state index < -0.39 is 5.92 Å². The third-order valence-corrected chi connectivity index (χ3v) is 5.76. The van der Waals surface area contributed by atoms with Crippen molar-refractivity contribution in [3.8, 4) is 11.4 Å². The summed E-state index contributed by atoms with van der Waals surface area (Å²) in [6.45, 7) is 1.83. The Balaban J connectivity index is 1.50. The lowest BCUT2D eigenvalue weighted by atomic mass is 9.92. The molecule has 3 heterocycles. The molecular formula is C21H21F2N7O. The van der Waals surface area contributed by atoms with E-state index in [1.165, 1.54) is 6.20 Å². The third kappa shape index (κ3) is 3.73. The van der Waals surface area contributed by atoms with Crippen LogP contribution in [0.4, 0.5) is 8.78 Å². The quantitative estimate of drug-likeness (QED) is 0.520. The van der Waals surface area contributed by atoms with Gasteiger partial charge < -0.3 is 4.98 Å². The van der Waals surface area contributed by atoms with Crippen LogP contribution in [0.1, 0.15) is 48.9 Å². The highest BCUT2D eigenvalue weighted by Crippen LogP contribution is 2.38. The molecule has 31 heavy (non-hydrogen) atoms. The van der Waals surface area contributed by atoms with E-state index in [1.54, 1.807) is 4.68 Å². The second-order valence-electron chi connectivity index (χ2n) is 8.00. The number of benzene rings is 1. The van der Waals surface area contributed by atoms with Gasteiger partial charge in [-0.25, -0.2) is 23.4 Å². The van der Waals surface area contributed by atoms with Gasteiger partial charge in [0.1, 0.15) is 17.0 Å². The van der Waals surface area contributed by atoms with Gasteiger partial charge >= 0.3 is 0 Å². The van der Waals surface area contributed by atoms with Gasteiger partial charge in [0.25, 0.3) is 5.56 Å². The van der Waals surface area contributed by atoms with E-state index >= 15 is 0 Å². The van der Waals surface area contributed by atoms with E-state index in [9.17, 15) is 13.6 Å². The molecule has 0 atom stereocenters. The molecule has 1 fully saturated rings. The van der Waals surface area contributed by atoms with Crippen LogP contribution < -0.4 is 5.56 Å². The lowest BCUT2D eigenvalue weighted by Gasteiger charge is -2.28. The summed E-state index contributed by atoms with van der Waals surface area (Å²) in [5.74, 6) is -0.873. The number of H-pyrrole nitrogens is 2. The van der Waals surface area contributed by atoms with E-state index in [0.29, 0.717) is 47.8 Å². The monoisotopic (exact) mass is 425 g/mol. The van der Waals surface area contributed by atoms with Crippen molar-refractivity contribution >= 4 is 11.0 Å². The molecule has 0 bridgehead atoms. The number of aromatic amines is 2. The molecule has 1 saturated carbocycles. The second-order valence-corrected chi connectivity index (χ2v) is 8.00. The molecule has 5 rings (SSSR count). The molecule has 160 valence electrons. The Morgan fingerprint density at radius 3 is 2.71 bits per heavy atom. The maximum atomic E-state index is 13.6. The molecule has 1 aromatic carbocycles. The van der Waals surface area contributed by atoms with Crippen LogP contribution in [-0.4, -0.2) is 40.9 Å². The Labute approximate surface area is 175 Å². The molecule has 0 saturated heterocycles. The van der Waals surface area contributed by atoms with Crippen LogP contribution in [-0.2, 0) is 6.42 Å². The average molecular weight is 425 g/mol. The fourth-order valence-electron chi connectivity index (χ4n) is 4.14. The van der Waals surface area contributed by atoms with Crippen LogP contribution in [0.3, 0.4) is 0 Å². The summed E-state index contributed by atoms with van der Waals surface area (Å²) in [6, 6.07) is 7.47. The standard InChI is InChI=1S/C21H21F2N7O/c1-12-25-18(29-28-12)15-5-3-2-4-13(15)10-17-26-19-16(20(31)27-17)11-24-30(19)14-6-8-21(22,23)9-7-14/h2-5,11,14H,6-10H2,1H3,(H,25,28,29)(H,26,27,31). The predicted octanol–water partition coefficient (Wildman–Crippen LogP) is 3.55. The van der Waals surface area contributed by atoms with Crippen LogP contribution in [0.15, 0.2) is 35.3 Å². The Morgan fingerprint density at radius 1 is 1.19 bits per heavy atom. The number of fused-ring (bicyclic) bond motifs is 1. The van der Waals surface area contributed by atoms with Gasteiger partial charge in [0, 0.05) is 24.8 Å². The van der Waals surface area contributed by atoms with Crippen molar-refractivity contribution in [3.05, 3.63) is 58.0 Å². The van der Waals surface area contributed by atoms with Gasteiger partial charge in [-0.3, -0.25) is 9.89 Å². The number of nitrogens with one attached hydrogen (secondary N) is 2. The molecule has 3 aromatic heterocycles. The predicted molar refractivity (Wildman–Crippen MR) is 110 cm³/mol. The molecule has 10 heteroatoms. The summed E-state index contributed by atoms with van der Waals surface area (Å²) in [6.07, 6.45) is 2.07. The average Bonchev–Trinajstić information content (AvgIpc) is 3.35. The number of rotatable bonds is 4. The summed E-state index contributed by atoms with van der Waals surface area (Å²) in [5, 5.41) is 11.7. The molecule has 0 unspecified atom stereocenters. The summed E-state index contributed by atoms with van der Waals surface area (Å²) in [7, 11) is 0. The van der Waals surface area contributed by atoms with Crippen LogP contribution in [0.25, 0.3) is 22.4 Å². The Morgan fingerprint density at radius 2 is 1.97 bits per heavy atom. The lowest BCUT2D eigenvalue weighted by molar-refractivity contribution is -0.0446. The Bertz CT molecular complexity index is 1300. The first kappa shape index (κ1) is 19.5. The summed E-state index contributed by atoms with van der Waals surface area (Å²) in [4.78, 5) is 24.5. The topological polar surface area (TPSA) is 105 Å². The van der Waals surface area contributed by atoms with E-state index in [1.807, 2.05) is 31.2 Å². The van der Waals surface area contributed by atoms with Crippen LogP contribution >= 0.6 is 0 Å². The number of alkyl halides is 2. The Kier molecular flexibility index (Phi) is 4.64. The zero-order valence-electron chi connectivity index (χ0n) is 16.9. The molecule has 1 aliphatic rings. The zero-order valence-corrected chi connectivity index (χ0v) is 16.9. The smallest absolute Gasteiger partial charge is 0.262 e. The first-order chi connectivity index (χ1) is 14.9. The minimum absolute atomic E-state index is 0.182. The normalized spacial score (nSPS) is 16.7. The molecular weight excluding hydrogens is 404 g/mol. The van der Waals surface area contributed by atoms with E-state index in [2.05, 4.69) is 30.2 Å². The van der Waals surface area contributed by atoms with Gasteiger partial charge in [-0.05, 0) is 25.3 Å². The van der Waals surface area contributed by atoms with Crippen molar-refractivity contribution in [2.45, 2.75) is 51.0 Å². The maximum absolute atomic E-state index is 13.6. The molecule has 0 spiro atoms. The van der Waals surface area contributed by atoms with E-state index in [-0.39, 0.29) is 24.4 Å². The number of hydrogen-bond acceptors (Lipinski definition) is 5. The Hall–Kier alpha value is -3.43. The highest BCUT2D eigenvalue weighted by molar-refractivity contribution is 5.73. The third-order valence-electron chi connectivity index (χ3n) is 5.76. The first-order valence-electron chi connectivity index (χ1n) is 10.2. The van der Waals surface area contributed by atoms with Crippen LogP contribution in [0, 0.1) is 6.92 Å². The molecule has 4 aromatic rings. The highest BCUT2D eigenvalue weighted by atomic mass is 19.3. The van der Waals surface area contributed by atoms with Crippen molar-refractivity contribution in [2.24, 2.45) is 0 Å². The van der Waals surface area contributed by atoms with Crippen LogP contribution in [0.2, 0.25) is 0 Å². The van der Waals surface area contributed by atoms with Crippen molar-refractivity contribution < 1.29 is 8.78 Å². The summed E-state index contributed by atoms with van der Waals surface area (Å²) >= 11 is 0. The zero-order chi connectivity index (χ0) is 21.6. The molecule has 1 aliphatic carbocycles. The van der Waals surface area contributed by atoms with Crippen LogP contribution in [0.5, 0.6) is 0 Å². The SMILES string of the molecule is Cc1nc(-c2ccccc2Cc2nc3c(cnn3C3CCC(F)(F)CC3)c(=O)[nH]2)n[nH]1. The summed E-state index contributed by atoms with van der Waals surface area (Å²) in [5.41, 5.74) is 1.89. The largest absolute Gasteiger partial charge is 0.310 e. The minimum atomic E-state index is -2.63. The van der Waals surface area contributed by atoms with Gasteiger partial charge in [0.15, 0.2) is 11.5 Å². The summed E-state index contributed by atoms with van der Waals surface area (Å²) < 4.78 is 28.8. The minimum Gasteiger partial charge on any atom is -0.310 e. The van der Waals surface area contributed by atoms with Gasteiger partial charge in [-0.15, -0.1) is 0 Å². The number of hydrogen-bond donors (Lipinski definition) is 2. The number of nitrogens with zero attached hydrogens (tertiary/aromatic N) is 5. The van der Waals surface area contributed by atoms with Crippen molar-refractivity contribution in [1.29, 1.82) is 0 Å². The van der Waals surface area contributed by atoms with Crippen molar-refractivity contribution in [3.63, 3.8) is 0 Å². The fraction of sp³-hybridized carbons (Fsp3) is 0.381. The van der Waals surface area contributed by atoms with E-state index in [4.69, 9.17) is 0 Å². The fourth-order valence-corrected chi connectivity index (χ4v) is 4.14. The van der Waals surface area contributed by atoms with Gasteiger partial charge in [-0.2, -0.15) is 10.2 Å². The molecule has 8 nitrogen and oxygen atoms in total. The molecule has 0 amide bonds. The maximum Gasteiger partial charge on any atom is 0.262 e. The van der Waals surface area contributed by atoms with Crippen molar-refractivity contribution in [1.82, 2.24) is 34.9 Å². The first-order valence-corrected chi connectivity index (χ1v) is 10.2. The van der Waals surface area contributed by atoms with Gasteiger partial charge in [0.05, 0.1) is 12.2 Å². The highest BCUT2D eigenvalue weighted by Gasteiger charge is 2.36. The molecule has 0 radical (unpaired) electrons. The number of halogens is 2. The van der Waals surface area contributed by atoms with Gasteiger partial charge in [-0.1, -0.05) is 24.3 Å². The van der Waals surface area contributed by atoms with Crippen molar-refractivity contribution in [2.75, 3.05) is 0 Å². The lowest BCUT2D eigenvalue weighted by Crippen LogP contribution is -2.27. The number of aryl methyl sites for hydroxylation is 1. The second kappa shape index (κ2) is 7.36. The molecule has 2 N–H and O–H groups in total. The van der Waals surface area contributed by atoms with Gasteiger partial charge in [0.2, 0.25) is 5.92 Å². The molecule has 0 aliphatic heterocycles.